The molecule has 0 bridgehead atoms. The van der Waals surface area contributed by atoms with Crippen LogP contribution in [0.2, 0.25) is 10.0 Å². The van der Waals surface area contributed by atoms with Crippen molar-refractivity contribution in [2.75, 3.05) is 13.1 Å². The Labute approximate surface area is 165 Å². The van der Waals surface area contributed by atoms with Gasteiger partial charge in [0, 0.05) is 19.2 Å². The van der Waals surface area contributed by atoms with Crippen LogP contribution in [0.25, 0.3) is 6.08 Å². The summed E-state index contributed by atoms with van der Waals surface area (Å²) < 4.78 is 0. The molecular weight excluding hydrogens is 395 g/mol. The Kier molecular flexibility index (Phi) is 7.50. The molecule has 26 heavy (non-hydrogen) atoms. The molecule has 0 unspecified atom stereocenters. The standard InChI is InChI=1S/C18H16Cl2N2O3S/c1-2-3-4-8-15(23)21-9-10-22-17(24)14(26-18(22)25)11-12-6-5-7-13(19)16(12)20/h2-8,11H,9-10H2,1H3,(H,21,23)/b3-2+,8-4+,14-11-. The second kappa shape index (κ2) is 9.62. The highest BCUT2D eigenvalue weighted by atomic mass is 35.5. The van der Waals surface area contributed by atoms with E-state index in [4.69, 9.17) is 23.2 Å². The van der Waals surface area contributed by atoms with Crippen molar-refractivity contribution in [3.63, 3.8) is 0 Å². The van der Waals surface area contributed by atoms with Crippen molar-refractivity contribution in [3.8, 4) is 0 Å². The quantitative estimate of drug-likeness (QED) is 0.561. The van der Waals surface area contributed by atoms with Crippen LogP contribution in [0.3, 0.4) is 0 Å². The third-order valence-electron chi connectivity index (χ3n) is 3.33. The van der Waals surface area contributed by atoms with Crippen molar-refractivity contribution < 1.29 is 14.4 Å². The van der Waals surface area contributed by atoms with Crippen LogP contribution in [0.4, 0.5) is 4.79 Å². The van der Waals surface area contributed by atoms with Gasteiger partial charge in [-0.1, -0.05) is 53.6 Å². The van der Waals surface area contributed by atoms with E-state index in [2.05, 4.69) is 5.32 Å². The molecular formula is C18H16Cl2N2O3S. The monoisotopic (exact) mass is 410 g/mol. The Hall–Kier alpha value is -2.02. The fourth-order valence-corrected chi connectivity index (χ4v) is 3.29. The van der Waals surface area contributed by atoms with Crippen LogP contribution in [0.15, 0.2) is 47.4 Å². The number of thioether (sulfide) groups is 1. The lowest BCUT2D eigenvalue weighted by Crippen LogP contribution is -2.36. The molecule has 5 nitrogen and oxygen atoms in total. The van der Waals surface area contributed by atoms with Gasteiger partial charge in [-0.25, -0.2) is 0 Å². The molecule has 0 saturated carbocycles. The Bertz CT molecular complexity index is 819. The van der Waals surface area contributed by atoms with Crippen molar-refractivity contribution >= 4 is 58.1 Å². The fourth-order valence-electron chi connectivity index (χ4n) is 2.07. The number of carbonyl (C=O) groups is 3. The van der Waals surface area contributed by atoms with Gasteiger partial charge in [0.25, 0.3) is 11.1 Å². The number of nitrogens with zero attached hydrogens (tertiary/aromatic N) is 1. The summed E-state index contributed by atoms with van der Waals surface area (Å²) in [6.45, 7) is 2.10. The number of nitrogens with one attached hydrogen (secondary N) is 1. The average Bonchev–Trinajstić information content (AvgIpc) is 2.86. The third-order valence-corrected chi connectivity index (χ3v) is 5.07. The number of allylic oxidation sites excluding steroid dienone is 3. The molecule has 3 amide bonds. The molecule has 1 fully saturated rings. The molecule has 2 rings (SSSR count). The van der Waals surface area contributed by atoms with E-state index in [1.54, 1.807) is 36.4 Å². The van der Waals surface area contributed by atoms with Gasteiger partial charge in [-0.2, -0.15) is 0 Å². The van der Waals surface area contributed by atoms with E-state index >= 15 is 0 Å². The van der Waals surface area contributed by atoms with Crippen LogP contribution in [-0.4, -0.2) is 35.0 Å². The third kappa shape index (κ3) is 5.24. The molecule has 0 aromatic heterocycles. The number of benzene rings is 1. The number of rotatable bonds is 6. The van der Waals surface area contributed by atoms with Gasteiger partial charge in [-0.15, -0.1) is 0 Å². The SMILES string of the molecule is C/C=C/C=C/C(=O)NCCN1C(=O)S/C(=C\c2cccc(Cl)c2Cl)C1=O. The first-order valence-corrected chi connectivity index (χ1v) is 9.28. The maximum absolute atomic E-state index is 12.4. The molecule has 0 radical (unpaired) electrons. The molecule has 1 heterocycles. The average molecular weight is 411 g/mol. The molecule has 1 N–H and O–H groups in total. The van der Waals surface area contributed by atoms with Gasteiger partial charge in [0.05, 0.1) is 15.0 Å². The van der Waals surface area contributed by atoms with Gasteiger partial charge in [0.1, 0.15) is 0 Å². The fraction of sp³-hybridized carbons (Fsp3) is 0.167. The van der Waals surface area contributed by atoms with Crippen LogP contribution >= 0.6 is 35.0 Å². The summed E-state index contributed by atoms with van der Waals surface area (Å²) in [5, 5.41) is 2.92. The molecule has 8 heteroatoms. The second-order valence-corrected chi connectivity index (χ2v) is 6.93. The lowest BCUT2D eigenvalue weighted by molar-refractivity contribution is -0.123. The zero-order valence-corrected chi connectivity index (χ0v) is 16.2. The van der Waals surface area contributed by atoms with Crippen LogP contribution in [0.5, 0.6) is 0 Å². The van der Waals surface area contributed by atoms with Gasteiger partial charge in [0.15, 0.2) is 0 Å². The molecule has 1 aromatic carbocycles. The molecule has 0 spiro atoms. The van der Waals surface area contributed by atoms with Gasteiger partial charge in [0.2, 0.25) is 5.91 Å². The summed E-state index contributed by atoms with van der Waals surface area (Å²) >= 11 is 12.9. The number of imide groups is 1. The maximum Gasteiger partial charge on any atom is 0.293 e. The Morgan fingerprint density at radius 1 is 1.27 bits per heavy atom. The van der Waals surface area contributed by atoms with Crippen molar-refractivity contribution in [1.82, 2.24) is 10.2 Å². The van der Waals surface area contributed by atoms with Crippen molar-refractivity contribution in [3.05, 3.63) is 63.0 Å². The van der Waals surface area contributed by atoms with E-state index < -0.39 is 11.1 Å². The Balaban J connectivity index is 1.99. The van der Waals surface area contributed by atoms with Gasteiger partial charge in [-0.05, 0) is 36.4 Å². The van der Waals surface area contributed by atoms with Crippen LogP contribution in [-0.2, 0) is 9.59 Å². The van der Waals surface area contributed by atoms with E-state index in [0.29, 0.717) is 15.6 Å². The Morgan fingerprint density at radius 2 is 2.04 bits per heavy atom. The number of halogens is 2. The normalized spacial score (nSPS) is 16.4. The lowest BCUT2D eigenvalue weighted by atomic mass is 10.2. The topological polar surface area (TPSA) is 66.5 Å². The van der Waals surface area contributed by atoms with Gasteiger partial charge in [-0.3, -0.25) is 19.3 Å². The van der Waals surface area contributed by atoms with Crippen molar-refractivity contribution in [1.29, 1.82) is 0 Å². The molecule has 0 aliphatic carbocycles. The minimum atomic E-state index is -0.422. The molecule has 1 aromatic rings. The summed E-state index contributed by atoms with van der Waals surface area (Å²) in [5.41, 5.74) is 0.562. The summed E-state index contributed by atoms with van der Waals surface area (Å²) in [7, 11) is 0. The highest BCUT2D eigenvalue weighted by Crippen LogP contribution is 2.34. The van der Waals surface area contributed by atoms with Gasteiger partial charge >= 0.3 is 0 Å². The first kappa shape index (κ1) is 20.3. The van der Waals surface area contributed by atoms with E-state index in [1.165, 1.54) is 12.2 Å². The Morgan fingerprint density at radius 3 is 2.77 bits per heavy atom. The second-order valence-electron chi connectivity index (χ2n) is 5.15. The maximum atomic E-state index is 12.4. The number of amides is 3. The van der Waals surface area contributed by atoms with Gasteiger partial charge < -0.3 is 5.32 Å². The van der Waals surface area contributed by atoms with E-state index in [9.17, 15) is 14.4 Å². The first-order chi connectivity index (χ1) is 12.4. The zero-order chi connectivity index (χ0) is 19.1. The van der Waals surface area contributed by atoms with Crippen LogP contribution in [0, 0.1) is 0 Å². The molecule has 1 aliphatic heterocycles. The highest BCUT2D eigenvalue weighted by molar-refractivity contribution is 8.18. The van der Waals surface area contributed by atoms with Crippen molar-refractivity contribution in [2.24, 2.45) is 0 Å². The predicted octanol–water partition coefficient (Wildman–Crippen LogP) is 4.28. The highest BCUT2D eigenvalue weighted by Gasteiger charge is 2.34. The van der Waals surface area contributed by atoms with Crippen molar-refractivity contribution in [2.45, 2.75) is 6.92 Å². The number of carbonyl (C=O) groups excluding carboxylic acids is 3. The van der Waals surface area contributed by atoms with E-state index in [1.807, 2.05) is 6.92 Å². The summed E-state index contributed by atoms with van der Waals surface area (Å²) in [6.07, 6.45) is 8.03. The van der Waals surface area contributed by atoms with E-state index in [0.717, 1.165) is 16.7 Å². The lowest BCUT2D eigenvalue weighted by Gasteiger charge is -2.12. The smallest absolute Gasteiger partial charge is 0.293 e. The number of hydrogen-bond acceptors (Lipinski definition) is 4. The summed E-state index contributed by atoms with van der Waals surface area (Å²) in [5.74, 6) is -0.717. The first-order valence-electron chi connectivity index (χ1n) is 7.70. The molecule has 0 atom stereocenters. The summed E-state index contributed by atoms with van der Waals surface area (Å²) in [6, 6.07) is 5.06. The molecule has 136 valence electrons. The minimum absolute atomic E-state index is 0.0917. The minimum Gasteiger partial charge on any atom is -0.351 e. The van der Waals surface area contributed by atoms with Crippen LogP contribution < -0.4 is 5.32 Å². The summed E-state index contributed by atoms with van der Waals surface area (Å²) in [4.78, 5) is 37.4. The van der Waals surface area contributed by atoms with E-state index in [-0.39, 0.29) is 23.9 Å². The largest absolute Gasteiger partial charge is 0.351 e. The number of hydrogen-bond donors (Lipinski definition) is 1. The molecule has 1 saturated heterocycles. The molecule has 1 aliphatic rings. The zero-order valence-electron chi connectivity index (χ0n) is 13.9. The van der Waals surface area contributed by atoms with Crippen LogP contribution in [0.1, 0.15) is 12.5 Å². The predicted molar refractivity (Wildman–Crippen MR) is 106 cm³/mol.